The summed E-state index contributed by atoms with van der Waals surface area (Å²) in [5.41, 5.74) is 3.58. The van der Waals surface area contributed by atoms with Gasteiger partial charge in [-0.15, -0.1) is 0 Å². The van der Waals surface area contributed by atoms with Gasteiger partial charge >= 0.3 is 13.8 Å². The molecule has 3 aromatic rings. The molecule has 0 amide bonds. The van der Waals surface area contributed by atoms with E-state index in [2.05, 4.69) is 24.1 Å². The number of aromatic nitrogens is 1. The van der Waals surface area contributed by atoms with Crippen LogP contribution in [0.4, 0.5) is 5.69 Å². The lowest BCUT2D eigenvalue weighted by Gasteiger charge is -2.47. The van der Waals surface area contributed by atoms with Gasteiger partial charge in [0.05, 0.1) is 6.61 Å². The molecule has 246 valence electrons. The zero-order chi connectivity index (χ0) is 32.7. The number of aliphatic carboxylic acids is 1. The van der Waals surface area contributed by atoms with Crippen molar-refractivity contribution in [2.75, 3.05) is 11.9 Å². The minimum Gasteiger partial charge on any atom is -0.493 e. The molecule has 0 radical (unpaired) electrons. The van der Waals surface area contributed by atoms with E-state index in [1.807, 2.05) is 24.4 Å². The van der Waals surface area contributed by atoms with Gasteiger partial charge in [-0.2, -0.15) is 0 Å². The Morgan fingerprint density at radius 3 is 2.65 bits per heavy atom. The van der Waals surface area contributed by atoms with Crippen LogP contribution in [0.1, 0.15) is 87.1 Å². The molecule has 3 aliphatic rings. The minimum absolute atomic E-state index is 0.118. The fourth-order valence-corrected chi connectivity index (χ4v) is 8.85. The second-order valence-corrected chi connectivity index (χ2v) is 15.2. The first kappa shape index (κ1) is 32.8. The fraction of sp³-hybridized carbons (Fsp3) is 0.486. The lowest BCUT2D eigenvalue weighted by atomic mass is 9.59. The Morgan fingerprint density at radius 1 is 1.15 bits per heavy atom. The van der Waals surface area contributed by atoms with Crippen LogP contribution in [0.15, 0.2) is 54.7 Å². The SMILES string of the molecule is C[C@@H](COc1ccnc2c1[C@H](C)CCC2)C[C@H]1Cc2ccc(OP(=O)(O)O)cc2C12CCC(Nc1cccc(Cl)c1)(C(=O)O)CC2. The quantitative estimate of drug-likeness (QED) is 0.160. The number of carbonyl (C=O) groups is 1. The first-order chi connectivity index (χ1) is 21.9. The molecule has 0 unspecified atom stereocenters. The van der Waals surface area contributed by atoms with Crippen LogP contribution in [0.25, 0.3) is 0 Å². The highest BCUT2D eigenvalue weighted by Gasteiger charge is 2.54. The van der Waals surface area contributed by atoms with E-state index in [9.17, 15) is 24.3 Å². The molecule has 0 saturated heterocycles. The highest BCUT2D eigenvalue weighted by molar-refractivity contribution is 7.46. The molecule has 2 aromatic carbocycles. The van der Waals surface area contributed by atoms with Crippen molar-refractivity contribution in [3.05, 3.63) is 82.1 Å². The second-order valence-electron chi connectivity index (χ2n) is 13.6. The van der Waals surface area contributed by atoms with Gasteiger partial charge in [0.15, 0.2) is 0 Å². The van der Waals surface area contributed by atoms with E-state index in [4.69, 9.17) is 20.9 Å². The van der Waals surface area contributed by atoms with E-state index < -0.39 is 19.3 Å². The third kappa shape index (κ3) is 6.66. The van der Waals surface area contributed by atoms with Gasteiger partial charge in [0, 0.05) is 28.2 Å². The lowest BCUT2D eigenvalue weighted by molar-refractivity contribution is -0.144. The lowest BCUT2D eigenvalue weighted by Crippen LogP contribution is -2.53. The average Bonchev–Trinajstić information content (AvgIpc) is 3.28. The number of hydrogen-bond donors (Lipinski definition) is 4. The highest BCUT2D eigenvalue weighted by Crippen LogP contribution is 2.57. The average molecular weight is 669 g/mol. The molecule has 3 atom stereocenters. The number of phosphoric ester groups is 1. The monoisotopic (exact) mass is 668 g/mol. The predicted octanol–water partition coefficient (Wildman–Crippen LogP) is 7.67. The number of aryl methyl sites for hydroxylation is 1. The molecule has 1 fully saturated rings. The molecule has 46 heavy (non-hydrogen) atoms. The number of anilines is 1. The van der Waals surface area contributed by atoms with Crippen LogP contribution < -0.4 is 14.6 Å². The maximum Gasteiger partial charge on any atom is 0.524 e. The number of benzene rings is 2. The van der Waals surface area contributed by atoms with Gasteiger partial charge in [0.1, 0.15) is 17.0 Å². The summed E-state index contributed by atoms with van der Waals surface area (Å²) in [6, 6.07) is 14.3. The van der Waals surface area contributed by atoms with Crippen LogP contribution in [-0.4, -0.2) is 38.0 Å². The normalized spacial score (nSPS) is 26.2. The molecule has 0 aliphatic heterocycles. The standard InChI is InChI=1S/C35H42ClN2O7P/c1-22(21-44-31-11-16-37-30-8-3-5-23(2)32(30)31)17-25-18-24-9-10-28(45-46(41,42)43)20-29(24)34(25)12-14-35(15-13-34,33(39)40)38-27-7-4-6-26(36)19-27/h4,6-7,9-11,16,19-20,22-23,25,38H,3,5,8,12-15,17-18,21H2,1-2H3,(H,39,40)(H2,41,42,43)/t22-,23-,25+,34?,35?/m1/s1. The number of phosphoric acid groups is 1. The van der Waals surface area contributed by atoms with E-state index in [1.165, 1.54) is 5.56 Å². The fourth-order valence-electron chi connectivity index (χ4n) is 8.27. The van der Waals surface area contributed by atoms with E-state index in [1.54, 1.807) is 30.3 Å². The van der Waals surface area contributed by atoms with Gasteiger partial charge < -0.3 is 19.7 Å². The molecule has 4 N–H and O–H groups in total. The van der Waals surface area contributed by atoms with E-state index in [0.717, 1.165) is 54.7 Å². The van der Waals surface area contributed by atoms with Crippen molar-refractivity contribution < 1.29 is 33.5 Å². The molecule has 6 rings (SSSR count). The molecule has 1 aromatic heterocycles. The molecule has 1 heterocycles. The van der Waals surface area contributed by atoms with Crippen LogP contribution in [-0.2, 0) is 27.6 Å². The zero-order valence-corrected chi connectivity index (χ0v) is 27.9. The van der Waals surface area contributed by atoms with Gasteiger partial charge in [-0.25, -0.2) is 9.36 Å². The number of carboxylic acid groups (broad SMARTS) is 1. The number of nitrogens with one attached hydrogen (secondary N) is 1. The Kier molecular flexibility index (Phi) is 9.16. The Hall–Kier alpha value is -3.10. The Labute approximate surface area is 274 Å². The van der Waals surface area contributed by atoms with E-state index in [-0.39, 0.29) is 23.0 Å². The number of halogens is 1. The van der Waals surface area contributed by atoms with Crippen molar-refractivity contribution in [2.45, 2.75) is 88.5 Å². The number of hydrogen-bond acceptors (Lipinski definition) is 6. The van der Waals surface area contributed by atoms with Gasteiger partial charge in [-0.3, -0.25) is 14.8 Å². The number of pyridine rings is 1. The third-order valence-electron chi connectivity index (χ3n) is 10.5. The smallest absolute Gasteiger partial charge is 0.493 e. The molecule has 3 aliphatic carbocycles. The Morgan fingerprint density at radius 2 is 1.93 bits per heavy atom. The van der Waals surface area contributed by atoms with Gasteiger partial charge in [-0.1, -0.05) is 37.6 Å². The van der Waals surface area contributed by atoms with Gasteiger partial charge in [0.2, 0.25) is 0 Å². The molecular weight excluding hydrogens is 627 g/mol. The third-order valence-corrected chi connectivity index (χ3v) is 11.2. The number of carboxylic acids is 1. The maximum atomic E-state index is 12.8. The molecule has 1 spiro atoms. The van der Waals surface area contributed by atoms with Gasteiger partial charge in [-0.05, 0) is 128 Å². The van der Waals surface area contributed by atoms with Crippen molar-refractivity contribution in [2.24, 2.45) is 11.8 Å². The summed E-state index contributed by atoms with van der Waals surface area (Å²) in [7, 11) is -4.75. The zero-order valence-electron chi connectivity index (χ0n) is 26.2. The highest BCUT2D eigenvalue weighted by atomic mass is 35.5. The Bertz CT molecular complexity index is 1650. The summed E-state index contributed by atoms with van der Waals surface area (Å²) >= 11 is 6.21. The maximum absolute atomic E-state index is 12.8. The summed E-state index contributed by atoms with van der Waals surface area (Å²) < 4.78 is 23.2. The molecule has 9 nitrogen and oxygen atoms in total. The summed E-state index contributed by atoms with van der Waals surface area (Å²) in [5.74, 6) is 0.940. The minimum atomic E-state index is -4.75. The summed E-state index contributed by atoms with van der Waals surface area (Å²) in [6.45, 7) is 4.98. The van der Waals surface area contributed by atoms with Crippen molar-refractivity contribution in [3.63, 3.8) is 0 Å². The summed E-state index contributed by atoms with van der Waals surface area (Å²) in [6.07, 6.45) is 8.67. The number of fused-ring (bicyclic) bond motifs is 3. The van der Waals surface area contributed by atoms with Crippen LogP contribution in [0, 0.1) is 11.8 Å². The molecule has 0 bridgehead atoms. The first-order valence-electron chi connectivity index (χ1n) is 16.1. The predicted molar refractivity (Wildman–Crippen MR) is 177 cm³/mol. The second kappa shape index (κ2) is 12.8. The molecule has 11 heteroatoms. The summed E-state index contributed by atoms with van der Waals surface area (Å²) in [5, 5.41) is 14.3. The van der Waals surface area contributed by atoms with Crippen LogP contribution in [0.2, 0.25) is 5.02 Å². The number of rotatable bonds is 10. The topological polar surface area (TPSA) is 138 Å². The van der Waals surface area contributed by atoms with Crippen molar-refractivity contribution >= 4 is 31.1 Å². The van der Waals surface area contributed by atoms with E-state index >= 15 is 0 Å². The number of nitrogens with zero attached hydrogens (tertiary/aromatic N) is 1. The molecule has 1 saturated carbocycles. The Balaban J connectivity index is 1.25. The van der Waals surface area contributed by atoms with Crippen LogP contribution >= 0.6 is 19.4 Å². The first-order valence-corrected chi connectivity index (χ1v) is 18.0. The van der Waals surface area contributed by atoms with Crippen molar-refractivity contribution in [3.8, 4) is 11.5 Å². The molecular formula is C35H42ClN2O7P. The van der Waals surface area contributed by atoms with Crippen LogP contribution in [0.3, 0.4) is 0 Å². The summed E-state index contributed by atoms with van der Waals surface area (Å²) in [4.78, 5) is 36.4. The van der Waals surface area contributed by atoms with Gasteiger partial charge in [0.25, 0.3) is 0 Å². The van der Waals surface area contributed by atoms with Crippen LogP contribution in [0.5, 0.6) is 11.5 Å². The van der Waals surface area contributed by atoms with Crippen molar-refractivity contribution in [1.82, 2.24) is 4.98 Å². The largest absolute Gasteiger partial charge is 0.524 e. The van der Waals surface area contributed by atoms with Crippen molar-refractivity contribution in [1.29, 1.82) is 0 Å². The number of ether oxygens (including phenoxy) is 1. The van der Waals surface area contributed by atoms with E-state index in [0.29, 0.717) is 48.9 Å².